The van der Waals surface area contributed by atoms with E-state index in [4.69, 9.17) is 4.74 Å². The van der Waals surface area contributed by atoms with Crippen LogP contribution >= 0.6 is 0 Å². The number of hydrogen-bond donors (Lipinski definition) is 2. The molecule has 1 saturated heterocycles. The maximum atomic E-state index is 12.5. The van der Waals surface area contributed by atoms with Crippen LogP contribution < -0.4 is 15.4 Å². The molecule has 0 spiro atoms. The first kappa shape index (κ1) is 21.0. The number of ether oxygens (including phenoxy) is 1. The summed E-state index contributed by atoms with van der Waals surface area (Å²) in [5, 5.41) is 6.52. The van der Waals surface area contributed by atoms with E-state index in [0.717, 1.165) is 44.7 Å². The number of aliphatic imine (C=N–C) groups is 1. The van der Waals surface area contributed by atoms with Gasteiger partial charge >= 0.3 is 6.18 Å². The van der Waals surface area contributed by atoms with Gasteiger partial charge in [-0.3, -0.25) is 9.89 Å². The Morgan fingerprint density at radius 3 is 2.70 bits per heavy atom. The molecule has 27 heavy (non-hydrogen) atoms. The van der Waals surface area contributed by atoms with Crippen LogP contribution in [0.2, 0.25) is 0 Å². The Balaban J connectivity index is 1.67. The molecule has 9 heteroatoms. The van der Waals surface area contributed by atoms with E-state index in [9.17, 15) is 13.2 Å². The summed E-state index contributed by atoms with van der Waals surface area (Å²) in [6.07, 6.45) is 0.343. The molecule has 1 aromatic rings. The molecule has 0 aromatic carbocycles. The molecule has 1 aliphatic rings. The Labute approximate surface area is 157 Å². The highest BCUT2D eigenvalue weighted by Crippen LogP contribution is 2.29. The predicted molar refractivity (Wildman–Crippen MR) is 98.9 cm³/mol. The second-order valence-corrected chi connectivity index (χ2v) is 6.24. The van der Waals surface area contributed by atoms with Crippen molar-refractivity contribution in [2.45, 2.75) is 25.1 Å². The van der Waals surface area contributed by atoms with Gasteiger partial charge in [-0.1, -0.05) is 6.08 Å². The minimum atomic E-state index is -4.40. The fourth-order valence-electron chi connectivity index (χ4n) is 2.79. The Morgan fingerprint density at radius 1 is 1.41 bits per heavy atom. The molecular weight excluding hydrogens is 359 g/mol. The molecule has 1 aliphatic heterocycles. The van der Waals surface area contributed by atoms with Crippen LogP contribution in [0.4, 0.5) is 13.2 Å². The van der Waals surface area contributed by atoms with Gasteiger partial charge in [0, 0.05) is 45.0 Å². The zero-order valence-corrected chi connectivity index (χ0v) is 15.4. The maximum absolute atomic E-state index is 12.5. The highest BCUT2D eigenvalue weighted by Gasteiger charge is 2.30. The standard InChI is InChI=1S/C18H26F3N5O/c1-3-9-26-10-6-15(7-11-26)25-17(22-2)23-8-12-27-16-5-4-14(13-24-16)18(19,20)21/h3-5,13,15H,1,6-12H2,2H3,(H2,22,23,25). The number of halogens is 3. The highest BCUT2D eigenvalue weighted by atomic mass is 19.4. The molecule has 0 unspecified atom stereocenters. The number of alkyl halides is 3. The summed E-state index contributed by atoms with van der Waals surface area (Å²) in [4.78, 5) is 10.2. The number of hydrogen-bond acceptors (Lipinski definition) is 4. The third-order valence-corrected chi connectivity index (χ3v) is 4.25. The zero-order chi connectivity index (χ0) is 19.7. The average molecular weight is 385 g/mol. The van der Waals surface area contributed by atoms with Gasteiger partial charge in [0.1, 0.15) is 6.61 Å². The lowest BCUT2D eigenvalue weighted by atomic mass is 10.1. The summed E-state index contributed by atoms with van der Waals surface area (Å²) in [5.74, 6) is 0.837. The van der Waals surface area contributed by atoms with Crippen LogP contribution in [0.1, 0.15) is 18.4 Å². The zero-order valence-electron chi connectivity index (χ0n) is 15.4. The molecular formula is C18H26F3N5O. The Morgan fingerprint density at radius 2 is 2.15 bits per heavy atom. The number of rotatable bonds is 7. The minimum Gasteiger partial charge on any atom is -0.476 e. The Kier molecular flexibility index (Phi) is 7.90. The molecule has 150 valence electrons. The van der Waals surface area contributed by atoms with Crippen molar-refractivity contribution in [1.82, 2.24) is 20.5 Å². The van der Waals surface area contributed by atoms with Crippen molar-refractivity contribution < 1.29 is 17.9 Å². The van der Waals surface area contributed by atoms with Crippen molar-refractivity contribution >= 4 is 5.96 Å². The molecule has 0 bridgehead atoms. The van der Waals surface area contributed by atoms with Crippen molar-refractivity contribution in [2.75, 3.05) is 39.8 Å². The van der Waals surface area contributed by atoms with E-state index in [1.54, 1.807) is 7.05 Å². The minimum absolute atomic E-state index is 0.155. The SMILES string of the molecule is C=CCN1CCC(NC(=NC)NCCOc2ccc(C(F)(F)F)cn2)CC1. The van der Waals surface area contributed by atoms with E-state index in [1.165, 1.54) is 6.07 Å². The Hall–Kier alpha value is -2.29. The van der Waals surface area contributed by atoms with E-state index < -0.39 is 11.7 Å². The van der Waals surface area contributed by atoms with E-state index in [1.807, 2.05) is 6.08 Å². The largest absolute Gasteiger partial charge is 0.476 e. The summed E-state index contributed by atoms with van der Waals surface area (Å²) >= 11 is 0. The fourth-order valence-corrected chi connectivity index (χ4v) is 2.79. The molecule has 0 aliphatic carbocycles. The smallest absolute Gasteiger partial charge is 0.417 e. The first-order chi connectivity index (χ1) is 12.9. The summed E-state index contributed by atoms with van der Waals surface area (Å²) in [6, 6.07) is 2.52. The van der Waals surface area contributed by atoms with Crippen molar-refractivity contribution in [3.8, 4) is 5.88 Å². The van der Waals surface area contributed by atoms with Gasteiger partial charge in [-0.15, -0.1) is 6.58 Å². The number of pyridine rings is 1. The van der Waals surface area contributed by atoms with Crippen LogP contribution in [0.5, 0.6) is 5.88 Å². The monoisotopic (exact) mass is 385 g/mol. The molecule has 0 radical (unpaired) electrons. The second-order valence-electron chi connectivity index (χ2n) is 6.24. The topological polar surface area (TPSA) is 61.8 Å². The van der Waals surface area contributed by atoms with Crippen molar-refractivity contribution in [3.05, 3.63) is 36.5 Å². The second kappa shape index (κ2) is 10.1. The first-order valence-corrected chi connectivity index (χ1v) is 8.89. The average Bonchev–Trinajstić information content (AvgIpc) is 2.65. The molecule has 2 rings (SSSR count). The van der Waals surface area contributed by atoms with Gasteiger partial charge in [-0.25, -0.2) is 4.98 Å². The van der Waals surface area contributed by atoms with Crippen LogP contribution in [-0.2, 0) is 6.18 Å². The normalized spacial score (nSPS) is 16.8. The third kappa shape index (κ3) is 7.09. The molecule has 2 N–H and O–H groups in total. The van der Waals surface area contributed by atoms with Gasteiger partial charge in [0.25, 0.3) is 0 Å². The number of nitrogens with zero attached hydrogens (tertiary/aromatic N) is 3. The maximum Gasteiger partial charge on any atom is 0.417 e. The highest BCUT2D eigenvalue weighted by molar-refractivity contribution is 5.79. The lowest BCUT2D eigenvalue weighted by molar-refractivity contribution is -0.137. The molecule has 0 atom stereocenters. The number of guanidine groups is 1. The van der Waals surface area contributed by atoms with Crippen LogP contribution in [0.15, 0.2) is 36.0 Å². The number of likely N-dealkylation sites (tertiary alicyclic amines) is 1. The summed E-state index contributed by atoms with van der Waals surface area (Å²) in [7, 11) is 1.69. The summed E-state index contributed by atoms with van der Waals surface area (Å²) in [5.41, 5.74) is -0.795. The molecule has 1 aromatic heterocycles. The lowest BCUT2D eigenvalue weighted by Gasteiger charge is -2.32. The van der Waals surface area contributed by atoms with E-state index in [2.05, 4.69) is 32.1 Å². The van der Waals surface area contributed by atoms with Gasteiger partial charge in [0.05, 0.1) is 12.1 Å². The summed E-state index contributed by atoms with van der Waals surface area (Å²) < 4.78 is 42.8. The van der Waals surface area contributed by atoms with Gasteiger partial charge in [0.15, 0.2) is 5.96 Å². The van der Waals surface area contributed by atoms with E-state index in [0.29, 0.717) is 18.5 Å². The van der Waals surface area contributed by atoms with Crippen LogP contribution in [0.3, 0.4) is 0 Å². The number of aromatic nitrogens is 1. The van der Waals surface area contributed by atoms with Crippen LogP contribution in [0, 0.1) is 0 Å². The molecule has 1 fully saturated rings. The van der Waals surface area contributed by atoms with Crippen LogP contribution in [0.25, 0.3) is 0 Å². The van der Waals surface area contributed by atoms with E-state index in [-0.39, 0.29) is 12.5 Å². The quantitative estimate of drug-likeness (QED) is 0.326. The van der Waals surface area contributed by atoms with Gasteiger partial charge in [0.2, 0.25) is 5.88 Å². The van der Waals surface area contributed by atoms with Gasteiger partial charge in [-0.2, -0.15) is 13.2 Å². The number of nitrogens with one attached hydrogen (secondary N) is 2. The van der Waals surface area contributed by atoms with Gasteiger partial charge in [-0.05, 0) is 18.9 Å². The molecule has 0 amide bonds. The third-order valence-electron chi connectivity index (χ3n) is 4.25. The van der Waals surface area contributed by atoms with Crippen LogP contribution in [-0.4, -0.2) is 61.7 Å². The predicted octanol–water partition coefficient (Wildman–Crippen LogP) is 2.29. The first-order valence-electron chi connectivity index (χ1n) is 8.89. The van der Waals surface area contributed by atoms with E-state index >= 15 is 0 Å². The Bertz CT molecular complexity index is 610. The van der Waals surface area contributed by atoms with Crippen molar-refractivity contribution in [3.63, 3.8) is 0 Å². The molecule has 2 heterocycles. The van der Waals surface area contributed by atoms with Crippen molar-refractivity contribution in [1.29, 1.82) is 0 Å². The molecule has 0 saturated carbocycles. The number of piperidine rings is 1. The van der Waals surface area contributed by atoms with Gasteiger partial charge < -0.3 is 15.4 Å². The summed E-state index contributed by atoms with van der Waals surface area (Å²) in [6.45, 7) is 7.42. The molecule has 6 nitrogen and oxygen atoms in total. The lowest BCUT2D eigenvalue weighted by Crippen LogP contribution is -2.49. The fraction of sp³-hybridized carbons (Fsp3) is 0.556. The van der Waals surface area contributed by atoms with Crippen molar-refractivity contribution in [2.24, 2.45) is 4.99 Å².